The van der Waals surface area contributed by atoms with E-state index in [1.807, 2.05) is 0 Å². The number of ether oxygens (including phenoxy) is 2. The van der Waals surface area contributed by atoms with Gasteiger partial charge in [0.25, 0.3) is 0 Å². The molecule has 0 aromatic heterocycles. The van der Waals surface area contributed by atoms with E-state index >= 15 is 0 Å². The van der Waals surface area contributed by atoms with Crippen molar-refractivity contribution in [3.05, 3.63) is 60.8 Å². The van der Waals surface area contributed by atoms with Crippen molar-refractivity contribution in [3.8, 4) is 0 Å². The zero-order valence-electron chi connectivity index (χ0n) is 30.1. The number of rotatable bonds is 33. The summed E-state index contributed by atoms with van der Waals surface area (Å²) in [4.78, 5) is 42.6. The third-order valence-corrected chi connectivity index (χ3v) is 7.99. The van der Waals surface area contributed by atoms with E-state index in [9.17, 15) is 14.2 Å². The van der Waals surface area contributed by atoms with Crippen LogP contribution in [0.2, 0.25) is 0 Å². The first kappa shape index (κ1) is 45.8. The monoisotopic (exact) mass is 694 g/mol. The van der Waals surface area contributed by atoms with E-state index in [2.05, 4.69) is 79.1 Å². The summed E-state index contributed by atoms with van der Waals surface area (Å²) in [6, 6.07) is 0. The standard InChI is InChI=1S/C39H67O8P/c1-3-5-7-9-11-13-15-16-17-18-19-20-21-22-24-26-28-30-32-34-39(41)47-37(36-46-48(42,43)44)35-45-38(40)33-31-29-27-25-23-14-12-10-8-6-4-2/h10-13,16-17,19-20,22,24,37H,3-9,14-15,18,21,23,25-36H2,1-2H3,(H2,42,43,44)/b12-10+,13-11+,17-16+,20-19+,24-22+/t37-/m1/s1. The molecule has 0 aliphatic heterocycles. The summed E-state index contributed by atoms with van der Waals surface area (Å²) >= 11 is 0. The van der Waals surface area contributed by atoms with Crippen LogP contribution in [0, 0.1) is 0 Å². The normalized spacial score (nSPS) is 13.2. The average Bonchev–Trinajstić information content (AvgIpc) is 3.05. The molecule has 1 atom stereocenters. The number of phosphoric ester groups is 1. The topological polar surface area (TPSA) is 119 Å². The number of carbonyl (C=O) groups is 2. The Morgan fingerprint density at radius 1 is 0.542 bits per heavy atom. The van der Waals surface area contributed by atoms with E-state index in [4.69, 9.17) is 19.3 Å². The van der Waals surface area contributed by atoms with Crippen LogP contribution in [-0.4, -0.2) is 41.0 Å². The molecule has 0 fully saturated rings. The molecule has 0 aliphatic rings. The summed E-state index contributed by atoms with van der Waals surface area (Å²) in [6.45, 7) is 3.56. The fourth-order valence-corrected chi connectivity index (χ4v) is 5.05. The van der Waals surface area contributed by atoms with Crippen LogP contribution in [0.3, 0.4) is 0 Å². The van der Waals surface area contributed by atoms with Crippen molar-refractivity contribution in [1.29, 1.82) is 0 Å². The summed E-state index contributed by atoms with van der Waals surface area (Å²) in [5, 5.41) is 0. The summed E-state index contributed by atoms with van der Waals surface area (Å²) < 4.78 is 26.2. The smallest absolute Gasteiger partial charge is 0.462 e. The van der Waals surface area contributed by atoms with Crippen molar-refractivity contribution in [1.82, 2.24) is 0 Å². The van der Waals surface area contributed by atoms with Gasteiger partial charge >= 0.3 is 19.8 Å². The molecule has 8 nitrogen and oxygen atoms in total. The molecule has 2 N–H and O–H groups in total. The van der Waals surface area contributed by atoms with Gasteiger partial charge in [0, 0.05) is 12.8 Å². The van der Waals surface area contributed by atoms with Gasteiger partial charge in [-0.25, -0.2) is 4.57 Å². The predicted molar refractivity (Wildman–Crippen MR) is 197 cm³/mol. The molecule has 0 radical (unpaired) electrons. The highest BCUT2D eigenvalue weighted by Crippen LogP contribution is 2.35. The van der Waals surface area contributed by atoms with Crippen LogP contribution in [0.4, 0.5) is 0 Å². The molecule has 0 aliphatic carbocycles. The van der Waals surface area contributed by atoms with Crippen molar-refractivity contribution in [2.75, 3.05) is 13.2 Å². The van der Waals surface area contributed by atoms with Gasteiger partial charge in [-0.15, -0.1) is 0 Å². The third-order valence-electron chi connectivity index (χ3n) is 7.51. The van der Waals surface area contributed by atoms with Crippen LogP contribution in [0.25, 0.3) is 0 Å². The van der Waals surface area contributed by atoms with Gasteiger partial charge in [-0.05, 0) is 77.0 Å². The molecule has 276 valence electrons. The molecule has 0 amide bonds. The average molecular weight is 695 g/mol. The maximum Gasteiger partial charge on any atom is 0.469 e. The molecule has 48 heavy (non-hydrogen) atoms. The maximum atomic E-state index is 12.3. The molecule has 9 heteroatoms. The molecule has 0 rings (SSSR count). The zero-order valence-corrected chi connectivity index (χ0v) is 31.0. The minimum absolute atomic E-state index is 0.170. The Hall–Kier alpha value is -2.25. The number of phosphoric acid groups is 1. The van der Waals surface area contributed by atoms with Gasteiger partial charge in [0.1, 0.15) is 6.61 Å². The van der Waals surface area contributed by atoms with Crippen molar-refractivity contribution in [3.63, 3.8) is 0 Å². The van der Waals surface area contributed by atoms with E-state index < -0.39 is 32.5 Å². The lowest BCUT2D eigenvalue weighted by molar-refractivity contribution is -0.161. The second-order valence-corrected chi connectivity index (χ2v) is 13.4. The van der Waals surface area contributed by atoms with Crippen LogP contribution in [0.15, 0.2) is 60.8 Å². The lowest BCUT2D eigenvalue weighted by Gasteiger charge is -2.18. The Balaban J connectivity index is 4.07. The predicted octanol–water partition coefficient (Wildman–Crippen LogP) is 11.0. The lowest BCUT2D eigenvalue weighted by Crippen LogP contribution is -2.29. The van der Waals surface area contributed by atoms with Crippen molar-refractivity contribution < 1.29 is 37.9 Å². The van der Waals surface area contributed by atoms with Crippen molar-refractivity contribution >= 4 is 19.8 Å². The van der Waals surface area contributed by atoms with Crippen LogP contribution >= 0.6 is 7.82 Å². The van der Waals surface area contributed by atoms with Gasteiger partial charge in [-0.1, -0.05) is 126 Å². The Morgan fingerprint density at radius 2 is 0.958 bits per heavy atom. The highest BCUT2D eigenvalue weighted by atomic mass is 31.2. The number of esters is 2. The number of allylic oxidation sites excluding steroid dienone is 10. The van der Waals surface area contributed by atoms with Gasteiger partial charge in [-0.3, -0.25) is 14.1 Å². The van der Waals surface area contributed by atoms with Gasteiger partial charge in [0.15, 0.2) is 6.10 Å². The maximum absolute atomic E-state index is 12.3. The first-order valence-corrected chi connectivity index (χ1v) is 20.1. The fraction of sp³-hybridized carbons (Fsp3) is 0.692. The van der Waals surface area contributed by atoms with Gasteiger partial charge in [-0.2, -0.15) is 0 Å². The van der Waals surface area contributed by atoms with E-state index in [1.54, 1.807) is 0 Å². The van der Waals surface area contributed by atoms with Crippen molar-refractivity contribution in [2.24, 2.45) is 0 Å². The van der Waals surface area contributed by atoms with Crippen LogP contribution < -0.4 is 0 Å². The molecule has 0 aromatic carbocycles. The molecule has 0 spiro atoms. The molecule has 0 saturated carbocycles. The molecular weight excluding hydrogens is 627 g/mol. The van der Waals surface area contributed by atoms with E-state index in [0.29, 0.717) is 12.8 Å². The summed E-state index contributed by atoms with van der Waals surface area (Å²) in [7, 11) is -4.76. The molecule has 0 saturated heterocycles. The quantitative estimate of drug-likeness (QED) is 0.0301. The third kappa shape index (κ3) is 36.6. The Morgan fingerprint density at radius 3 is 1.50 bits per heavy atom. The van der Waals surface area contributed by atoms with Crippen molar-refractivity contribution in [2.45, 2.75) is 161 Å². The first-order valence-electron chi connectivity index (χ1n) is 18.6. The fourth-order valence-electron chi connectivity index (χ4n) is 4.69. The Bertz CT molecular complexity index is 963. The second-order valence-electron chi connectivity index (χ2n) is 12.2. The zero-order chi connectivity index (χ0) is 35.4. The van der Waals surface area contributed by atoms with Gasteiger partial charge in [0.2, 0.25) is 0 Å². The summed E-state index contributed by atoms with van der Waals surface area (Å²) in [5.74, 6) is -0.939. The molecular formula is C39H67O8P. The van der Waals surface area contributed by atoms with Crippen LogP contribution in [-0.2, 0) is 28.2 Å². The molecule has 0 aromatic rings. The Kier molecular flexibility index (Phi) is 33.0. The van der Waals surface area contributed by atoms with E-state index in [1.165, 1.54) is 38.5 Å². The van der Waals surface area contributed by atoms with Gasteiger partial charge < -0.3 is 19.3 Å². The van der Waals surface area contributed by atoms with Crippen LogP contribution in [0.1, 0.15) is 155 Å². The van der Waals surface area contributed by atoms with E-state index in [-0.39, 0.29) is 19.4 Å². The molecule has 0 unspecified atom stereocenters. The number of unbranched alkanes of at least 4 members (excludes halogenated alkanes) is 13. The first-order chi connectivity index (χ1) is 23.3. The highest BCUT2D eigenvalue weighted by Gasteiger charge is 2.22. The highest BCUT2D eigenvalue weighted by molar-refractivity contribution is 7.46. The summed E-state index contributed by atoms with van der Waals surface area (Å²) in [5.41, 5.74) is 0. The SMILES string of the molecule is CCCC/C=C/CCCCCCCC(=O)OC[C@H](COP(=O)(O)O)OC(=O)CCCCC/C=C/C/C=C/C/C=C/C/C=C/CCCCC. The Labute approximate surface area is 292 Å². The summed E-state index contributed by atoms with van der Waals surface area (Å²) in [6.07, 6.45) is 42.3. The van der Waals surface area contributed by atoms with E-state index in [0.717, 1.165) is 77.0 Å². The number of hydrogen-bond donors (Lipinski definition) is 2. The lowest BCUT2D eigenvalue weighted by atomic mass is 10.1. The minimum Gasteiger partial charge on any atom is -0.462 e. The molecule has 0 bridgehead atoms. The molecule has 0 heterocycles. The van der Waals surface area contributed by atoms with Crippen LogP contribution in [0.5, 0.6) is 0 Å². The minimum atomic E-state index is -4.76. The second kappa shape index (κ2) is 34.6. The number of hydrogen-bond acceptors (Lipinski definition) is 6. The largest absolute Gasteiger partial charge is 0.469 e. The van der Waals surface area contributed by atoms with Gasteiger partial charge in [0.05, 0.1) is 6.61 Å². The number of carbonyl (C=O) groups excluding carboxylic acids is 2.